The molecular formula is C10H10ClNO. The Kier molecular flexibility index (Phi) is 1.81. The number of carbonyl (C=O) groups excluding carboxylic acids is 1. The van der Waals surface area contributed by atoms with Crippen LogP contribution in [-0.4, -0.2) is 17.9 Å². The van der Waals surface area contributed by atoms with Gasteiger partial charge in [0, 0.05) is 13.6 Å². The maximum absolute atomic E-state index is 11.6. The molecule has 1 aromatic rings. The van der Waals surface area contributed by atoms with Gasteiger partial charge in [-0.1, -0.05) is 23.7 Å². The Balaban J connectivity index is 2.66. The SMILES string of the molecule is Cc1ccc2c(c1Cl)C(=O)N(C)C2. The molecule has 0 aliphatic carbocycles. The van der Waals surface area contributed by atoms with E-state index in [9.17, 15) is 4.79 Å². The van der Waals surface area contributed by atoms with Crippen molar-refractivity contribution in [2.24, 2.45) is 0 Å². The predicted octanol–water partition coefficient (Wildman–Crippen LogP) is 2.23. The third kappa shape index (κ3) is 1.13. The molecule has 1 aliphatic rings. The number of aryl methyl sites for hydroxylation is 1. The lowest BCUT2D eigenvalue weighted by Gasteiger charge is -2.05. The molecule has 0 aromatic heterocycles. The molecule has 0 unspecified atom stereocenters. The summed E-state index contributed by atoms with van der Waals surface area (Å²) in [5.41, 5.74) is 2.68. The number of hydrogen-bond donors (Lipinski definition) is 0. The van der Waals surface area contributed by atoms with Gasteiger partial charge in [-0.05, 0) is 18.1 Å². The van der Waals surface area contributed by atoms with Crippen LogP contribution in [0.3, 0.4) is 0 Å². The van der Waals surface area contributed by atoms with Crippen molar-refractivity contribution in [3.63, 3.8) is 0 Å². The summed E-state index contributed by atoms with van der Waals surface area (Å²) in [7, 11) is 1.79. The fourth-order valence-electron chi connectivity index (χ4n) is 1.60. The topological polar surface area (TPSA) is 20.3 Å². The van der Waals surface area contributed by atoms with Crippen LogP contribution in [0.1, 0.15) is 21.5 Å². The molecule has 2 rings (SSSR count). The van der Waals surface area contributed by atoms with Crippen LogP contribution in [0.25, 0.3) is 0 Å². The van der Waals surface area contributed by atoms with E-state index in [0.717, 1.165) is 11.1 Å². The second-order valence-electron chi connectivity index (χ2n) is 3.39. The van der Waals surface area contributed by atoms with Gasteiger partial charge in [-0.15, -0.1) is 0 Å². The molecule has 0 saturated carbocycles. The van der Waals surface area contributed by atoms with Gasteiger partial charge >= 0.3 is 0 Å². The van der Waals surface area contributed by atoms with Crippen molar-refractivity contribution in [2.45, 2.75) is 13.5 Å². The van der Waals surface area contributed by atoms with Crippen LogP contribution >= 0.6 is 11.6 Å². The quantitative estimate of drug-likeness (QED) is 0.622. The lowest BCUT2D eigenvalue weighted by Crippen LogP contribution is -2.17. The van der Waals surface area contributed by atoms with Gasteiger partial charge in [-0.3, -0.25) is 4.79 Å². The second kappa shape index (κ2) is 2.74. The number of fused-ring (bicyclic) bond motifs is 1. The maximum Gasteiger partial charge on any atom is 0.255 e. The molecule has 1 heterocycles. The summed E-state index contributed by atoms with van der Waals surface area (Å²) in [5.74, 6) is 0.0312. The van der Waals surface area contributed by atoms with Crippen molar-refractivity contribution in [1.82, 2.24) is 4.90 Å². The standard InChI is InChI=1S/C10H10ClNO/c1-6-3-4-7-5-12(2)10(13)8(7)9(6)11/h3-4H,5H2,1-2H3. The Hall–Kier alpha value is -1.02. The first kappa shape index (κ1) is 8.57. The molecule has 0 fully saturated rings. The van der Waals surface area contributed by atoms with Crippen molar-refractivity contribution < 1.29 is 4.79 Å². The van der Waals surface area contributed by atoms with E-state index < -0.39 is 0 Å². The summed E-state index contributed by atoms with van der Waals surface area (Å²) in [6, 6.07) is 3.92. The van der Waals surface area contributed by atoms with Gasteiger partial charge in [0.05, 0.1) is 10.6 Å². The average molecular weight is 196 g/mol. The molecule has 13 heavy (non-hydrogen) atoms. The number of benzene rings is 1. The van der Waals surface area contributed by atoms with E-state index in [2.05, 4.69) is 0 Å². The fraction of sp³-hybridized carbons (Fsp3) is 0.300. The first-order valence-electron chi connectivity index (χ1n) is 4.14. The zero-order valence-electron chi connectivity index (χ0n) is 7.60. The minimum atomic E-state index is 0.0312. The first-order valence-corrected chi connectivity index (χ1v) is 4.52. The third-order valence-electron chi connectivity index (χ3n) is 2.39. The van der Waals surface area contributed by atoms with Crippen molar-refractivity contribution in [2.75, 3.05) is 7.05 Å². The maximum atomic E-state index is 11.6. The van der Waals surface area contributed by atoms with Crippen LogP contribution in [0.4, 0.5) is 0 Å². The number of hydrogen-bond acceptors (Lipinski definition) is 1. The molecule has 1 amide bonds. The third-order valence-corrected chi connectivity index (χ3v) is 2.88. The van der Waals surface area contributed by atoms with E-state index in [1.807, 2.05) is 19.1 Å². The molecule has 0 atom stereocenters. The highest BCUT2D eigenvalue weighted by Gasteiger charge is 2.27. The van der Waals surface area contributed by atoms with Crippen molar-refractivity contribution in [1.29, 1.82) is 0 Å². The molecule has 1 aliphatic heterocycles. The van der Waals surface area contributed by atoms with Gasteiger partial charge in [0.25, 0.3) is 5.91 Å². The Morgan fingerprint density at radius 2 is 2.15 bits per heavy atom. The summed E-state index contributed by atoms with van der Waals surface area (Å²) < 4.78 is 0. The summed E-state index contributed by atoms with van der Waals surface area (Å²) in [5, 5.41) is 0.604. The number of halogens is 1. The van der Waals surface area contributed by atoms with Crippen molar-refractivity contribution in [3.05, 3.63) is 33.8 Å². The highest BCUT2D eigenvalue weighted by molar-refractivity contribution is 6.35. The van der Waals surface area contributed by atoms with Crippen LogP contribution in [-0.2, 0) is 6.54 Å². The molecular weight excluding hydrogens is 186 g/mol. The highest BCUT2D eigenvalue weighted by Crippen LogP contribution is 2.30. The number of rotatable bonds is 0. The Morgan fingerprint density at radius 3 is 2.85 bits per heavy atom. The summed E-state index contributed by atoms with van der Waals surface area (Å²) in [6.07, 6.45) is 0. The molecule has 0 bridgehead atoms. The van der Waals surface area contributed by atoms with Crippen LogP contribution in [0, 0.1) is 6.92 Å². The number of carbonyl (C=O) groups is 1. The lowest BCUT2D eigenvalue weighted by molar-refractivity contribution is 0.0816. The monoisotopic (exact) mass is 195 g/mol. The van der Waals surface area contributed by atoms with Gasteiger partial charge in [0.1, 0.15) is 0 Å². The molecule has 0 N–H and O–H groups in total. The van der Waals surface area contributed by atoms with E-state index in [4.69, 9.17) is 11.6 Å². The minimum absolute atomic E-state index is 0.0312. The smallest absolute Gasteiger partial charge is 0.255 e. The largest absolute Gasteiger partial charge is 0.337 e. The van der Waals surface area contributed by atoms with Gasteiger partial charge in [-0.2, -0.15) is 0 Å². The lowest BCUT2D eigenvalue weighted by atomic mass is 10.1. The second-order valence-corrected chi connectivity index (χ2v) is 3.77. The molecule has 3 heteroatoms. The van der Waals surface area contributed by atoms with E-state index in [1.165, 1.54) is 0 Å². The summed E-state index contributed by atoms with van der Waals surface area (Å²) in [6.45, 7) is 2.59. The van der Waals surface area contributed by atoms with E-state index in [-0.39, 0.29) is 5.91 Å². The predicted molar refractivity (Wildman–Crippen MR) is 52.0 cm³/mol. The Bertz CT molecular complexity index is 387. The van der Waals surface area contributed by atoms with Crippen LogP contribution in [0.15, 0.2) is 12.1 Å². The summed E-state index contributed by atoms with van der Waals surface area (Å²) >= 11 is 6.05. The van der Waals surface area contributed by atoms with Crippen molar-refractivity contribution >= 4 is 17.5 Å². The zero-order chi connectivity index (χ0) is 9.59. The Labute approximate surface area is 82.1 Å². The van der Waals surface area contributed by atoms with Crippen molar-refractivity contribution in [3.8, 4) is 0 Å². The molecule has 0 spiro atoms. The van der Waals surface area contributed by atoms with Gasteiger partial charge < -0.3 is 4.90 Å². The van der Waals surface area contributed by atoms with Crippen LogP contribution in [0.2, 0.25) is 5.02 Å². The fourth-order valence-corrected chi connectivity index (χ4v) is 1.87. The normalized spacial score (nSPS) is 15.0. The van der Waals surface area contributed by atoms with Gasteiger partial charge in [0.2, 0.25) is 0 Å². The molecule has 0 saturated heterocycles. The summed E-state index contributed by atoms with van der Waals surface area (Å²) in [4.78, 5) is 13.3. The van der Waals surface area contributed by atoms with E-state index >= 15 is 0 Å². The first-order chi connectivity index (χ1) is 6.11. The highest BCUT2D eigenvalue weighted by atomic mass is 35.5. The van der Waals surface area contributed by atoms with Gasteiger partial charge in [0.15, 0.2) is 0 Å². The zero-order valence-corrected chi connectivity index (χ0v) is 8.35. The minimum Gasteiger partial charge on any atom is -0.337 e. The molecule has 68 valence electrons. The molecule has 1 aromatic carbocycles. The Morgan fingerprint density at radius 1 is 1.46 bits per heavy atom. The van der Waals surface area contributed by atoms with Gasteiger partial charge in [-0.25, -0.2) is 0 Å². The average Bonchev–Trinajstić information content (AvgIpc) is 2.37. The van der Waals surface area contributed by atoms with Crippen LogP contribution in [0.5, 0.6) is 0 Å². The molecule has 2 nitrogen and oxygen atoms in total. The number of amides is 1. The number of nitrogens with zero attached hydrogens (tertiary/aromatic N) is 1. The van der Waals surface area contributed by atoms with E-state index in [1.54, 1.807) is 11.9 Å². The van der Waals surface area contributed by atoms with Crippen LogP contribution < -0.4 is 0 Å². The van der Waals surface area contributed by atoms with E-state index in [0.29, 0.717) is 17.1 Å². The molecule has 0 radical (unpaired) electrons.